The van der Waals surface area contributed by atoms with Gasteiger partial charge < -0.3 is 26.2 Å². The molecule has 3 fully saturated rings. The Kier molecular flexibility index (Phi) is 7.71. The van der Waals surface area contributed by atoms with E-state index in [1.807, 2.05) is 13.8 Å². The van der Waals surface area contributed by atoms with Crippen LogP contribution < -0.4 is 21.3 Å². The molecule has 4 N–H and O–H groups in total. The summed E-state index contributed by atoms with van der Waals surface area (Å²) in [6.45, 7) is 4.89. The van der Waals surface area contributed by atoms with Crippen molar-refractivity contribution in [3.63, 3.8) is 0 Å². The Bertz CT molecular complexity index is 1140. The minimum atomic E-state index is -1.18. The van der Waals surface area contributed by atoms with E-state index in [1.165, 1.54) is 11.9 Å². The van der Waals surface area contributed by atoms with Gasteiger partial charge in [-0.3, -0.25) is 24.0 Å². The zero-order valence-electron chi connectivity index (χ0n) is 20.9. The normalized spacial score (nSPS) is 26.1. The molecule has 12 heteroatoms. The van der Waals surface area contributed by atoms with Crippen LogP contribution in [0.3, 0.4) is 0 Å². The van der Waals surface area contributed by atoms with Crippen LogP contribution in [0.5, 0.6) is 0 Å². The Hall–Kier alpha value is -2.85. The van der Waals surface area contributed by atoms with Crippen molar-refractivity contribution >= 4 is 58.3 Å². The molecule has 0 unspecified atom stereocenters. The SMILES string of the molecule is CNC(=O)C(=O)[C@H](C[C@@H]1CCNC1=O)NC(=O)[C@@H]1[C@@H]2[C@H](CN1C(=O)CNc1ccc(Cl)cc1Cl)C2(C)C. The van der Waals surface area contributed by atoms with Gasteiger partial charge in [-0.1, -0.05) is 37.0 Å². The largest absolute Gasteiger partial charge is 0.375 e. The number of piperidine rings is 1. The second-order valence-electron chi connectivity index (χ2n) is 10.4. The van der Waals surface area contributed by atoms with Gasteiger partial charge in [-0.25, -0.2) is 0 Å². The van der Waals surface area contributed by atoms with Crippen LogP contribution in [-0.2, 0) is 24.0 Å². The Morgan fingerprint density at radius 2 is 1.95 bits per heavy atom. The number of carbonyl (C=O) groups is 5. The standard InChI is InChI=1S/C25H31Cl2N5O5/c1-25(2)14-11-32(18(33)10-30-16-5-4-13(26)9-15(16)27)20(19(14)25)23(36)31-17(21(34)24(37)28-3)8-12-6-7-29-22(12)35/h4-5,9,12,14,17,19-20,30H,6-8,10-11H2,1-3H3,(H,28,37)(H,29,35)(H,31,36)/t12-,14-,17-,19-,20-/m0/s1. The molecule has 1 aromatic carbocycles. The first-order chi connectivity index (χ1) is 17.4. The Morgan fingerprint density at radius 3 is 2.57 bits per heavy atom. The molecule has 1 saturated carbocycles. The molecule has 200 valence electrons. The van der Waals surface area contributed by atoms with E-state index in [0.29, 0.717) is 35.2 Å². The van der Waals surface area contributed by atoms with E-state index in [4.69, 9.17) is 23.2 Å². The van der Waals surface area contributed by atoms with Crippen LogP contribution in [0.4, 0.5) is 5.69 Å². The lowest BCUT2D eigenvalue weighted by Crippen LogP contribution is -2.56. The molecular weight excluding hydrogens is 521 g/mol. The molecular formula is C25H31Cl2N5O5. The zero-order chi connectivity index (χ0) is 27.1. The van der Waals surface area contributed by atoms with Crippen molar-refractivity contribution in [2.45, 2.75) is 38.8 Å². The average Bonchev–Trinajstić information content (AvgIpc) is 3.21. The molecule has 0 aromatic heterocycles. The summed E-state index contributed by atoms with van der Waals surface area (Å²) in [4.78, 5) is 65.4. The fourth-order valence-corrected chi connectivity index (χ4v) is 6.15. The minimum absolute atomic E-state index is 0.0125. The molecule has 37 heavy (non-hydrogen) atoms. The molecule has 0 radical (unpaired) electrons. The molecule has 4 amide bonds. The highest BCUT2D eigenvalue weighted by molar-refractivity contribution is 6.38. The van der Waals surface area contributed by atoms with Gasteiger partial charge in [0.2, 0.25) is 23.5 Å². The van der Waals surface area contributed by atoms with E-state index in [2.05, 4.69) is 21.3 Å². The first kappa shape index (κ1) is 27.2. The second kappa shape index (κ2) is 10.5. The average molecular weight is 552 g/mol. The van der Waals surface area contributed by atoms with E-state index in [9.17, 15) is 24.0 Å². The van der Waals surface area contributed by atoms with Crippen LogP contribution in [0.2, 0.25) is 10.0 Å². The van der Waals surface area contributed by atoms with Crippen LogP contribution in [0.1, 0.15) is 26.7 Å². The molecule has 2 heterocycles. The van der Waals surface area contributed by atoms with Gasteiger partial charge in [0.15, 0.2) is 0 Å². The number of nitrogens with zero attached hydrogens (tertiary/aromatic N) is 1. The molecule has 5 atom stereocenters. The summed E-state index contributed by atoms with van der Waals surface area (Å²) in [5.74, 6) is -3.11. The maximum atomic E-state index is 13.6. The number of halogens is 2. The number of likely N-dealkylation sites (tertiary alicyclic amines) is 1. The number of benzene rings is 1. The Morgan fingerprint density at radius 1 is 1.22 bits per heavy atom. The maximum Gasteiger partial charge on any atom is 0.289 e. The minimum Gasteiger partial charge on any atom is -0.375 e. The summed E-state index contributed by atoms with van der Waals surface area (Å²) in [5.41, 5.74) is 0.397. The number of nitrogens with one attached hydrogen (secondary N) is 4. The topological polar surface area (TPSA) is 137 Å². The molecule has 2 saturated heterocycles. The molecule has 10 nitrogen and oxygen atoms in total. The third kappa shape index (κ3) is 5.40. The Balaban J connectivity index is 1.49. The van der Waals surface area contributed by atoms with E-state index >= 15 is 0 Å². The molecule has 3 aliphatic rings. The zero-order valence-corrected chi connectivity index (χ0v) is 22.4. The van der Waals surface area contributed by atoms with Gasteiger partial charge in [0.25, 0.3) is 5.91 Å². The summed E-state index contributed by atoms with van der Waals surface area (Å²) in [6, 6.07) is 2.91. The second-order valence-corrected chi connectivity index (χ2v) is 11.3. The fraction of sp³-hybridized carbons (Fsp3) is 0.560. The number of rotatable bonds is 9. The van der Waals surface area contributed by atoms with E-state index in [1.54, 1.807) is 18.2 Å². The van der Waals surface area contributed by atoms with Crippen LogP contribution in [0.25, 0.3) is 0 Å². The van der Waals surface area contributed by atoms with Gasteiger partial charge in [-0.05, 0) is 48.3 Å². The quantitative estimate of drug-likeness (QED) is 0.340. The molecule has 0 spiro atoms. The fourth-order valence-electron chi connectivity index (χ4n) is 5.67. The van der Waals surface area contributed by atoms with Crippen molar-refractivity contribution < 1.29 is 24.0 Å². The molecule has 4 rings (SSSR count). The molecule has 0 bridgehead atoms. The summed E-state index contributed by atoms with van der Waals surface area (Å²) in [7, 11) is 1.33. The third-order valence-corrected chi connectivity index (χ3v) is 8.47. The van der Waals surface area contributed by atoms with Crippen LogP contribution in [0, 0.1) is 23.2 Å². The van der Waals surface area contributed by atoms with Crippen molar-refractivity contribution in [3.8, 4) is 0 Å². The highest BCUT2D eigenvalue weighted by Crippen LogP contribution is 2.64. The third-order valence-electron chi connectivity index (χ3n) is 7.93. The van der Waals surface area contributed by atoms with Crippen molar-refractivity contribution in [1.82, 2.24) is 20.9 Å². The molecule has 2 aliphatic heterocycles. The first-order valence-electron chi connectivity index (χ1n) is 12.3. The first-order valence-corrected chi connectivity index (χ1v) is 13.0. The summed E-state index contributed by atoms with van der Waals surface area (Å²) in [5, 5.41) is 11.5. The number of ketones is 1. The lowest BCUT2D eigenvalue weighted by atomic mass is 9.94. The predicted octanol–water partition coefficient (Wildman–Crippen LogP) is 1.21. The highest BCUT2D eigenvalue weighted by atomic mass is 35.5. The number of anilines is 1. The van der Waals surface area contributed by atoms with Gasteiger partial charge >= 0.3 is 0 Å². The molecule has 1 aromatic rings. The van der Waals surface area contributed by atoms with Gasteiger partial charge in [-0.15, -0.1) is 0 Å². The van der Waals surface area contributed by atoms with Gasteiger partial charge in [-0.2, -0.15) is 0 Å². The summed E-state index contributed by atoms with van der Waals surface area (Å²) in [6.07, 6.45) is 0.523. The number of amides is 4. The van der Waals surface area contributed by atoms with E-state index < -0.39 is 35.6 Å². The number of Topliss-reactive ketones (excluding diaryl/α,β-unsaturated/α-hetero) is 1. The van der Waals surface area contributed by atoms with Crippen molar-refractivity contribution in [1.29, 1.82) is 0 Å². The highest BCUT2D eigenvalue weighted by Gasteiger charge is 2.69. The summed E-state index contributed by atoms with van der Waals surface area (Å²) < 4.78 is 0. The number of fused-ring (bicyclic) bond motifs is 1. The maximum absolute atomic E-state index is 13.6. The van der Waals surface area contributed by atoms with Crippen LogP contribution >= 0.6 is 23.2 Å². The smallest absolute Gasteiger partial charge is 0.289 e. The number of likely N-dealkylation sites (N-methyl/N-ethyl adjacent to an activating group) is 1. The molecule has 1 aliphatic carbocycles. The predicted molar refractivity (Wildman–Crippen MR) is 138 cm³/mol. The van der Waals surface area contributed by atoms with E-state index in [-0.39, 0.29) is 42.0 Å². The van der Waals surface area contributed by atoms with Crippen LogP contribution in [-0.4, -0.2) is 73.1 Å². The number of hydrogen-bond acceptors (Lipinski definition) is 6. The summed E-state index contributed by atoms with van der Waals surface area (Å²) >= 11 is 12.1. The van der Waals surface area contributed by atoms with Gasteiger partial charge in [0, 0.05) is 31.1 Å². The van der Waals surface area contributed by atoms with Crippen molar-refractivity contribution in [2.24, 2.45) is 23.2 Å². The number of hydrogen-bond donors (Lipinski definition) is 4. The lowest BCUT2D eigenvalue weighted by Gasteiger charge is -2.31. The van der Waals surface area contributed by atoms with Crippen molar-refractivity contribution in [2.75, 3.05) is 32.0 Å². The lowest BCUT2D eigenvalue weighted by molar-refractivity contribution is -0.143. The number of carbonyl (C=O) groups excluding carboxylic acids is 5. The van der Waals surface area contributed by atoms with Crippen molar-refractivity contribution in [3.05, 3.63) is 28.2 Å². The van der Waals surface area contributed by atoms with Crippen LogP contribution in [0.15, 0.2) is 18.2 Å². The monoisotopic (exact) mass is 551 g/mol. The van der Waals surface area contributed by atoms with Gasteiger partial charge in [0.1, 0.15) is 6.04 Å². The van der Waals surface area contributed by atoms with Gasteiger partial charge in [0.05, 0.1) is 23.3 Å². The van der Waals surface area contributed by atoms with E-state index in [0.717, 1.165) is 0 Å². The Labute approximate surface area is 225 Å².